The van der Waals surface area contributed by atoms with Crippen LogP contribution >= 0.6 is 0 Å². The molecular formula is C17H25NO3. The average molecular weight is 291 g/mol. The zero-order chi connectivity index (χ0) is 14.7. The third-order valence-electron chi connectivity index (χ3n) is 4.60. The molecule has 0 radical (unpaired) electrons. The van der Waals surface area contributed by atoms with E-state index in [1.807, 2.05) is 24.3 Å². The fourth-order valence-corrected chi connectivity index (χ4v) is 3.22. The van der Waals surface area contributed by atoms with Crippen molar-refractivity contribution in [3.05, 3.63) is 29.8 Å². The van der Waals surface area contributed by atoms with Gasteiger partial charge in [0.15, 0.2) is 0 Å². The van der Waals surface area contributed by atoms with Gasteiger partial charge < -0.3 is 14.6 Å². The molecule has 0 aliphatic carbocycles. The van der Waals surface area contributed by atoms with Crippen LogP contribution in [0.3, 0.4) is 0 Å². The number of ether oxygens (including phenoxy) is 2. The van der Waals surface area contributed by atoms with Crippen LogP contribution in [0, 0.1) is 6.92 Å². The summed E-state index contributed by atoms with van der Waals surface area (Å²) in [7, 11) is 0. The second-order valence-corrected chi connectivity index (χ2v) is 6.39. The molecule has 0 bridgehead atoms. The van der Waals surface area contributed by atoms with Crippen LogP contribution in [0.5, 0.6) is 5.75 Å². The molecule has 0 amide bonds. The van der Waals surface area contributed by atoms with E-state index in [0.717, 1.165) is 44.8 Å². The van der Waals surface area contributed by atoms with Crippen molar-refractivity contribution in [3.63, 3.8) is 0 Å². The molecule has 1 aromatic rings. The molecule has 2 fully saturated rings. The van der Waals surface area contributed by atoms with Gasteiger partial charge in [-0.3, -0.25) is 4.90 Å². The van der Waals surface area contributed by atoms with Gasteiger partial charge in [0.2, 0.25) is 0 Å². The first-order chi connectivity index (χ1) is 10.1. The molecule has 4 nitrogen and oxygen atoms in total. The monoisotopic (exact) mass is 291 g/mol. The molecule has 2 heterocycles. The van der Waals surface area contributed by atoms with Crippen LogP contribution in [0.1, 0.15) is 24.8 Å². The van der Waals surface area contributed by atoms with Crippen LogP contribution in [-0.2, 0) is 4.74 Å². The highest BCUT2D eigenvalue weighted by Crippen LogP contribution is 2.27. The number of aliphatic hydroxyl groups is 1. The Labute approximate surface area is 126 Å². The average Bonchev–Trinajstić information content (AvgIpc) is 2.91. The van der Waals surface area contributed by atoms with Crippen molar-refractivity contribution in [3.8, 4) is 5.75 Å². The second kappa shape index (κ2) is 6.34. The molecule has 116 valence electrons. The van der Waals surface area contributed by atoms with Gasteiger partial charge in [0.05, 0.1) is 0 Å². The third kappa shape index (κ3) is 3.76. The number of likely N-dealkylation sites (tertiary alicyclic amines) is 1. The Bertz CT molecular complexity index is 456. The normalized spacial score (nSPS) is 27.9. The molecule has 0 aromatic heterocycles. The Morgan fingerprint density at radius 2 is 2.00 bits per heavy atom. The first-order valence-electron chi connectivity index (χ1n) is 7.88. The Kier molecular flexibility index (Phi) is 4.48. The standard InChI is InChI=1S/C17H25NO3/c1-14-2-4-16(5-3-14)21-13-17(19)8-9-18(12-17)15-6-10-20-11-7-15/h2-5,15,19H,6-13H2,1H3. The van der Waals surface area contributed by atoms with Crippen LogP contribution in [0.2, 0.25) is 0 Å². The summed E-state index contributed by atoms with van der Waals surface area (Å²) in [5.41, 5.74) is 0.496. The second-order valence-electron chi connectivity index (χ2n) is 6.39. The van der Waals surface area contributed by atoms with Gasteiger partial charge in [-0.05, 0) is 38.3 Å². The van der Waals surface area contributed by atoms with E-state index >= 15 is 0 Å². The number of rotatable bonds is 4. The van der Waals surface area contributed by atoms with E-state index in [-0.39, 0.29) is 0 Å². The molecule has 4 heteroatoms. The van der Waals surface area contributed by atoms with Gasteiger partial charge in [-0.1, -0.05) is 17.7 Å². The van der Waals surface area contributed by atoms with Crippen molar-refractivity contribution in [2.24, 2.45) is 0 Å². The molecule has 0 spiro atoms. The fraction of sp³-hybridized carbons (Fsp3) is 0.647. The molecule has 21 heavy (non-hydrogen) atoms. The zero-order valence-electron chi connectivity index (χ0n) is 12.8. The van der Waals surface area contributed by atoms with Crippen molar-refractivity contribution in [1.29, 1.82) is 0 Å². The molecule has 1 atom stereocenters. The number of nitrogens with zero attached hydrogens (tertiary/aromatic N) is 1. The highest BCUT2D eigenvalue weighted by Gasteiger charge is 2.39. The number of hydrogen-bond donors (Lipinski definition) is 1. The largest absolute Gasteiger partial charge is 0.491 e. The molecule has 3 rings (SSSR count). The highest BCUT2D eigenvalue weighted by atomic mass is 16.5. The number of aryl methyl sites for hydroxylation is 1. The van der Waals surface area contributed by atoms with Crippen LogP contribution < -0.4 is 4.74 Å². The minimum Gasteiger partial charge on any atom is -0.491 e. The molecule has 1 aromatic carbocycles. The zero-order valence-corrected chi connectivity index (χ0v) is 12.8. The minimum atomic E-state index is -0.719. The summed E-state index contributed by atoms with van der Waals surface area (Å²) in [5, 5.41) is 10.7. The Morgan fingerprint density at radius 3 is 2.71 bits per heavy atom. The maximum Gasteiger partial charge on any atom is 0.119 e. The van der Waals surface area contributed by atoms with Gasteiger partial charge in [0, 0.05) is 32.3 Å². The molecule has 0 saturated carbocycles. The van der Waals surface area contributed by atoms with Gasteiger partial charge in [-0.2, -0.15) is 0 Å². The van der Waals surface area contributed by atoms with E-state index in [1.165, 1.54) is 5.56 Å². The minimum absolute atomic E-state index is 0.371. The lowest BCUT2D eigenvalue weighted by molar-refractivity contribution is -0.00996. The lowest BCUT2D eigenvalue weighted by Gasteiger charge is -2.32. The summed E-state index contributed by atoms with van der Waals surface area (Å²) in [5.74, 6) is 0.832. The maximum absolute atomic E-state index is 10.7. The topological polar surface area (TPSA) is 41.9 Å². The summed E-state index contributed by atoms with van der Waals surface area (Å²) < 4.78 is 11.2. The smallest absolute Gasteiger partial charge is 0.119 e. The van der Waals surface area contributed by atoms with Crippen molar-refractivity contribution in [2.45, 2.75) is 37.8 Å². The van der Waals surface area contributed by atoms with E-state index in [0.29, 0.717) is 19.2 Å². The summed E-state index contributed by atoms with van der Waals surface area (Å²) in [6.45, 7) is 5.79. The van der Waals surface area contributed by atoms with Crippen molar-refractivity contribution in [2.75, 3.05) is 32.9 Å². The van der Waals surface area contributed by atoms with E-state index in [9.17, 15) is 5.11 Å². The molecule has 2 aliphatic rings. The van der Waals surface area contributed by atoms with Crippen LogP contribution in [-0.4, -0.2) is 54.6 Å². The van der Waals surface area contributed by atoms with E-state index in [1.54, 1.807) is 0 Å². The van der Waals surface area contributed by atoms with Gasteiger partial charge in [0.25, 0.3) is 0 Å². The Hall–Kier alpha value is -1.10. The predicted molar refractivity (Wildman–Crippen MR) is 81.7 cm³/mol. The lowest BCUT2D eigenvalue weighted by Crippen LogP contribution is -2.43. The molecule has 2 saturated heterocycles. The molecule has 1 N–H and O–H groups in total. The first kappa shape index (κ1) is 14.8. The number of β-amino-alcohol motifs (C(OH)–C–C–N with tert-alkyl or cyclic N) is 1. The third-order valence-corrected chi connectivity index (χ3v) is 4.60. The van der Waals surface area contributed by atoms with Crippen molar-refractivity contribution >= 4 is 0 Å². The molecular weight excluding hydrogens is 266 g/mol. The van der Waals surface area contributed by atoms with Gasteiger partial charge in [-0.25, -0.2) is 0 Å². The highest BCUT2D eigenvalue weighted by molar-refractivity contribution is 5.26. The van der Waals surface area contributed by atoms with Crippen LogP contribution in [0.4, 0.5) is 0 Å². The summed E-state index contributed by atoms with van der Waals surface area (Å²) in [6.07, 6.45) is 2.94. The van der Waals surface area contributed by atoms with Crippen molar-refractivity contribution < 1.29 is 14.6 Å². The summed E-state index contributed by atoms with van der Waals surface area (Å²) in [6, 6.07) is 8.55. The SMILES string of the molecule is Cc1ccc(OCC2(O)CCN(C3CCOCC3)C2)cc1. The molecule has 2 aliphatic heterocycles. The van der Waals surface area contributed by atoms with Crippen molar-refractivity contribution in [1.82, 2.24) is 4.90 Å². The Morgan fingerprint density at radius 1 is 1.29 bits per heavy atom. The van der Waals surface area contributed by atoms with E-state index < -0.39 is 5.60 Å². The number of benzene rings is 1. The quantitative estimate of drug-likeness (QED) is 0.921. The van der Waals surface area contributed by atoms with Gasteiger partial charge in [-0.15, -0.1) is 0 Å². The predicted octanol–water partition coefficient (Wildman–Crippen LogP) is 1.99. The summed E-state index contributed by atoms with van der Waals surface area (Å²) >= 11 is 0. The van der Waals surface area contributed by atoms with Crippen LogP contribution in [0.25, 0.3) is 0 Å². The molecule has 1 unspecified atom stereocenters. The van der Waals surface area contributed by atoms with E-state index in [2.05, 4.69) is 11.8 Å². The lowest BCUT2D eigenvalue weighted by atomic mass is 10.0. The summed E-state index contributed by atoms with van der Waals surface area (Å²) in [4.78, 5) is 2.40. The number of hydrogen-bond acceptors (Lipinski definition) is 4. The van der Waals surface area contributed by atoms with Gasteiger partial charge >= 0.3 is 0 Å². The Balaban J connectivity index is 1.52. The van der Waals surface area contributed by atoms with Crippen LogP contribution in [0.15, 0.2) is 24.3 Å². The first-order valence-corrected chi connectivity index (χ1v) is 7.88. The fourth-order valence-electron chi connectivity index (χ4n) is 3.22. The maximum atomic E-state index is 10.7. The van der Waals surface area contributed by atoms with Gasteiger partial charge in [0.1, 0.15) is 18.0 Å². The van der Waals surface area contributed by atoms with E-state index in [4.69, 9.17) is 9.47 Å².